The lowest BCUT2D eigenvalue weighted by atomic mass is 10.2. The molecule has 0 radical (unpaired) electrons. The van der Waals surface area contributed by atoms with E-state index in [9.17, 15) is 13.2 Å². The first-order chi connectivity index (χ1) is 11.5. The summed E-state index contributed by atoms with van der Waals surface area (Å²) in [6.07, 6.45) is -0.659. The third-order valence-corrected chi connectivity index (χ3v) is 3.51. The Kier molecular flexibility index (Phi) is 7.65. The molecule has 142 valence electrons. The molecule has 0 saturated heterocycles. The maximum Gasteiger partial charge on any atom is 0.449 e. The van der Waals surface area contributed by atoms with Crippen LogP contribution in [0.2, 0.25) is 0 Å². The molecule has 0 saturated carbocycles. The van der Waals surface area contributed by atoms with Crippen molar-refractivity contribution in [3.8, 4) is 5.75 Å². The maximum atomic E-state index is 11.8. The molecule has 1 aromatic rings. The van der Waals surface area contributed by atoms with Crippen molar-refractivity contribution >= 4 is 16.5 Å². The van der Waals surface area contributed by atoms with Gasteiger partial charge in [0.15, 0.2) is 0 Å². The SMILES string of the molecule is CCN(OCCOS(=O)(=O)Oc1ccc(C)cc1)C(=O)OC(C)(C)C. The summed E-state index contributed by atoms with van der Waals surface area (Å²) in [5, 5.41) is 0.988. The van der Waals surface area contributed by atoms with Crippen molar-refractivity contribution in [2.24, 2.45) is 0 Å². The number of hydroxylamine groups is 2. The summed E-state index contributed by atoms with van der Waals surface area (Å²) in [6, 6.07) is 6.48. The van der Waals surface area contributed by atoms with Crippen LogP contribution in [0.3, 0.4) is 0 Å². The Morgan fingerprint density at radius 1 is 1.12 bits per heavy atom. The largest absolute Gasteiger partial charge is 0.449 e. The minimum Gasteiger partial charge on any atom is -0.442 e. The third-order valence-electron chi connectivity index (χ3n) is 2.66. The molecule has 0 fully saturated rings. The molecular weight excluding hydrogens is 350 g/mol. The molecule has 25 heavy (non-hydrogen) atoms. The smallest absolute Gasteiger partial charge is 0.442 e. The Hall–Kier alpha value is -1.84. The summed E-state index contributed by atoms with van der Waals surface area (Å²) in [7, 11) is -4.22. The van der Waals surface area contributed by atoms with Gasteiger partial charge in [0.25, 0.3) is 0 Å². The number of amides is 1. The molecule has 8 nitrogen and oxygen atoms in total. The van der Waals surface area contributed by atoms with Gasteiger partial charge >= 0.3 is 16.5 Å². The van der Waals surface area contributed by atoms with Gasteiger partial charge in [0.2, 0.25) is 0 Å². The second kappa shape index (κ2) is 9.02. The summed E-state index contributed by atoms with van der Waals surface area (Å²) >= 11 is 0. The fourth-order valence-corrected chi connectivity index (χ4v) is 2.27. The van der Waals surface area contributed by atoms with Gasteiger partial charge in [-0.15, -0.1) is 0 Å². The Balaban J connectivity index is 2.42. The molecular formula is C16H25NO7S. The average molecular weight is 375 g/mol. The van der Waals surface area contributed by atoms with Crippen LogP contribution in [0, 0.1) is 6.92 Å². The summed E-state index contributed by atoms with van der Waals surface area (Å²) < 4.78 is 38.1. The fourth-order valence-electron chi connectivity index (χ4n) is 1.61. The van der Waals surface area contributed by atoms with E-state index >= 15 is 0 Å². The topological polar surface area (TPSA) is 91.4 Å². The molecule has 0 bridgehead atoms. The van der Waals surface area contributed by atoms with Gasteiger partial charge in [0.05, 0.1) is 6.61 Å². The number of aryl methyl sites for hydroxylation is 1. The molecule has 0 spiro atoms. The van der Waals surface area contributed by atoms with E-state index in [0.717, 1.165) is 10.6 Å². The molecule has 0 heterocycles. The predicted molar refractivity (Wildman–Crippen MR) is 91.2 cm³/mol. The lowest BCUT2D eigenvalue weighted by molar-refractivity contribution is -0.149. The standard InChI is InChI=1S/C16H25NO7S/c1-6-17(15(18)23-16(3,4)5)21-11-12-22-25(19,20)24-14-9-7-13(2)8-10-14/h7-10H,6,11-12H2,1-5H3. The Morgan fingerprint density at radius 2 is 1.72 bits per heavy atom. The van der Waals surface area contributed by atoms with E-state index < -0.39 is 22.1 Å². The predicted octanol–water partition coefficient (Wildman–Crippen LogP) is 2.82. The summed E-state index contributed by atoms with van der Waals surface area (Å²) in [6.45, 7) is 8.53. The molecule has 0 unspecified atom stereocenters. The van der Waals surface area contributed by atoms with E-state index in [1.807, 2.05) is 6.92 Å². The number of hydrogen-bond donors (Lipinski definition) is 0. The molecule has 9 heteroatoms. The second-order valence-corrected chi connectivity index (χ2v) is 7.35. The summed E-state index contributed by atoms with van der Waals surface area (Å²) in [5.41, 5.74) is 0.316. The molecule has 0 atom stereocenters. The molecule has 0 aliphatic rings. The van der Waals surface area contributed by atoms with Crippen molar-refractivity contribution in [3.63, 3.8) is 0 Å². The van der Waals surface area contributed by atoms with Crippen LogP contribution >= 0.6 is 0 Å². The Bertz CT molecular complexity index is 650. The third kappa shape index (κ3) is 8.71. The molecule has 0 aliphatic carbocycles. The van der Waals surface area contributed by atoms with Crippen molar-refractivity contribution in [3.05, 3.63) is 29.8 Å². The monoisotopic (exact) mass is 375 g/mol. The van der Waals surface area contributed by atoms with E-state index in [0.29, 0.717) is 0 Å². The first kappa shape index (κ1) is 21.2. The molecule has 1 aromatic carbocycles. The molecule has 0 N–H and O–H groups in total. The van der Waals surface area contributed by atoms with Gasteiger partial charge in [-0.1, -0.05) is 17.7 Å². The highest BCUT2D eigenvalue weighted by Gasteiger charge is 2.22. The van der Waals surface area contributed by atoms with Gasteiger partial charge in [-0.05, 0) is 46.8 Å². The first-order valence-corrected chi connectivity index (χ1v) is 9.14. The van der Waals surface area contributed by atoms with Gasteiger partial charge in [-0.3, -0.25) is 4.84 Å². The van der Waals surface area contributed by atoms with Gasteiger partial charge < -0.3 is 8.92 Å². The van der Waals surface area contributed by atoms with Gasteiger partial charge in [0, 0.05) is 6.54 Å². The van der Waals surface area contributed by atoms with E-state index in [1.165, 1.54) is 12.1 Å². The van der Waals surface area contributed by atoms with Crippen molar-refractivity contribution in [2.75, 3.05) is 19.8 Å². The highest BCUT2D eigenvalue weighted by molar-refractivity contribution is 7.82. The fraction of sp³-hybridized carbons (Fsp3) is 0.562. The lowest BCUT2D eigenvalue weighted by Gasteiger charge is -2.25. The Morgan fingerprint density at radius 3 is 2.24 bits per heavy atom. The van der Waals surface area contributed by atoms with E-state index in [2.05, 4.69) is 4.18 Å². The van der Waals surface area contributed by atoms with E-state index in [1.54, 1.807) is 39.8 Å². The minimum absolute atomic E-state index is 0.149. The zero-order valence-electron chi connectivity index (χ0n) is 15.1. The number of hydrogen-bond acceptors (Lipinski definition) is 7. The van der Waals surface area contributed by atoms with Crippen LogP contribution < -0.4 is 4.18 Å². The van der Waals surface area contributed by atoms with Gasteiger partial charge in [-0.25, -0.2) is 8.98 Å². The normalized spacial score (nSPS) is 11.9. The van der Waals surface area contributed by atoms with E-state index in [-0.39, 0.29) is 25.5 Å². The van der Waals surface area contributed by atoms with E-state index in [4.69, 9.17) is 13.8 Å². The number of nitrogens with zero attached hydrogens (tertiary/aromatic N) is 1. The maximum absolute atomic E-state index is 11.8. The number of benzene rings is 1. The van der Waals surface area contributed by atoms with Crippen LogP contribution in [0.4, 0.5) is 4.79 Å². The summed E-state index contributed by atoms with van der Waals surface area (Å²) in [5.74, 6) is 0.149. The first-order valence-electron chi connectivity index (χ1n) is 7.81. The van der Waals surface area contributed by atoms with Crippen LogP contribution in [0.5, 0.6) is 5.75 Å². The number of carbonyl (C=O) groups excluding carboxylic acids is 1. The number of carbonyl (C=O) groups is 1. The number of ether oxygens (including phenoxy) is 1. The zero-order valence-corrected chi connectivity index (χ0v) is 16.0. The number of rotatable bonds is 8. The van der Waals surface area contributed by atoms with Crippen LogP contribution in [0.1, 0.15) is 33.3 Å². The van der Waals surface area contributed by atoms with Crippen LogP contribution in [0.15, 0.2) is 24.3 Å². The Labute approximate surface area is 148 Å². The second-order valence-electron chi connectivity index (χ2n) is 6.13. The van der Waals surface area contributed by atoms with Crippen molar-refractivity contribution in [1.82, 2.24) is 5.06 Å². The van der Waals surface area contributed by atoms with Gasteiger partial charge in [0.1, 0.15) is 18.0 Å². The molecule has 0 aromatic heterocycles. The highest BCUT2D eigenvalue weighted by atomic mass is 32.3. The minimum atomic E-state index is -4.22. The van der Waals surface area contributed by atoms with Crippen LogP contribution in [0.25, 0.3) is 0 Å². The van der Waals surface area contributed by atoms with Crippen molar-refractivity contribution in [2.45, 2.75) is 40.2 Å². The van der Waals surface area contributed by atoms with Crippen LogP contribution in [-0.4, -0.2) is 44.9 Å². The highest BCUT2D eigenvalue weighted by Crippen LogP contribution is 2.14. The average Bonchev–Trinajstić information content (AvgIpc) is 2.47. The lowest BCUT2D eigenvalue weighted by Crippen LogP contribution is -2.37. The van der Waals surface area contributed by atoms with Crippen molar-refractivity contribution < 1.29 is 31.2 Å². The van der Waals surface area contributed by atoms with Crippen molar-refractivity contribution in [1.29, 1.82) is 0 Å². The zero-order chi connectivity index (χ0) is 19.1. The van der Waals surface area contributed by atoms with Gasteiger partial charge in [-0.2, -0.15) is 13.5 Å². The molecule has 1 rings (SSSR count). The van der Waals surface area contributed by atoms with Crippen LogP contribution in [-0.2, 0) is 24.2 Å². The summed E-state index contributed by atoms with van der Waals surface area (Å²) in [4.78, 5) is 17.0. The quantitative estimate of drug-likeness (QED) is 0.509. The molecule has 1 amide bonds. The molecule has 0 aliphatic heterocycles.